The number of methoxy groups -OCH3 is 2. The zero-order valence-corrected chi connectivity index (χ0v) is 25.1. The van der Waals surface area contributed by atoms with Crippen molar-refractivity contribution in [1.29, 1.82) is 0 Å². The summed E-state index contributed by atoms with van der Waals surface area (Å²) in [5.74, 6) is -0.609. The van der Waals surface area contributed by atoms with E-state index in [4.69, 9.17) is 18.9 Å². The molecular weight excluding hydrogens is 540 g/mol. The lowest BCUT2D eigenvalue weighted by Crippen LogP contribution is -2.56. The number of aryl methyl sites for hydroxylation is 1. The molecule has 1 N–H and O–H groups in total. The summed E-state index contributed by atoms with van der Waals surface area (Å²) >= 11 is 0. The Hall–Kier alpha value is -3.79. The summed E-state index contributed by atoms with van der Waals surface area (Å²) in [4.78, 5) is 43.2. The summed E-state index contributed by atoms with van der Waals surface area (Å²) in [5, 5.41) is 9.56. The third-order valence-corrected chi connectivity index (χ3v) is 8.49. The number of piperidine rings is 1. The smallest absolute Gasteiger partial charge is 0.308 e. The van der Waals surface area contributed by atoms with E-state index < -0.39 is 24.1 Å². The fourth-order valence-electron chi connectivity index (χ4n) is 6.28. The van der Waals surface area contributed by atoms with Crippen LogP contribution in [0, 0.1) is 18.3 Å². The number of carboxylic acid groups (broad SMARTS) is 1. The van der Waals surface area contributed by atoms with Crippen LogP contribution in [0.3, 0.4) is 0 Å². The number of carboxylic acids is 1. The van der Waals surface area contributed by atoms with E-state index in [9.17, 15) is 19.5 Å². The molecule has 1 saturated heterocycles. The predicted octanol–water partition coefficient (Wildman–Crippen LogP) is 4.35. The van der Waals surface area contributed by atoms with Crippen molar-refractivity contribution in [1.82, 2.24) is 4.90 Å². The van der Waals surface area contributed by atoms with Gasteiger partial charge in [-0.2, -0.15) is 0 Å². The molecule has 42 heavy (non-hydrogen) atoms. The van der Waals surface area contributed by atoms with Crippen LogP contribution in [0.5, 0.6) is 17.2 Å². The van der Waals surface area contributed by atoms with Gasteiger partial charge in [0.25, 0.3) is 5.91 Å². The first-order valence-electron chi connectivity index (χ1n) is 14.4. The number of anilines is 1. The second-order valence-electron chi connectivity index (χ2n) is 12.4. The highest BCUT2D eigenvalue weighted by Crippen LogP contribution is 2.51. The van der Waals surface area contributed by atoms with E-state index in [1.165, 1.54) is 0 Å². The van der Waals surface area contributed by atoms with Crippen LogP contribution in [0.25, 0.3) is 0 Å². The summed E-state index contributed by atoms with van der Waals surface area (Å²) in [7, 11) is 3.11. The summed E-state index contributed by atoms with van der Waals surface area (Å²) in [6.07, 6.45) is -1.02. The number of benzene rings is 2. The molecule has 3 aliphatic heterocycles. The molecular formula is C32H40N2O8. The topological polar surface area (TPSA) is 115 Å². The number of hydrogen-bond donors (Lipinski definition) is 1. The monoisotopic (exact) mass is 580 g/mol. The quantitative estimate of drug-likeness (QED) is 0.536. The summed E-state index contributed by atoms with van der Waals surface area (Å²) < 4.78 is 24.4. The molecule has 10 nitrogen and oxygen atoms in total. The second-order valence-corrected chi connectivity index (χ2v) is 12.4. The molecule has 0 aliphatic carbocycles. The van der Waals surface area contributed by atoms with E-state index in [2.05, 4.69) is 20.8 Å². The van der Waals surface area contributed by atoms with Crippen molar-refractivity contribution >= 4 is 23.5 Å². The van der Waals surface area contributed by atoms with Crippen LogP contribution in [-0.2, 0) is 19.1 Å². The van der Waals surface area contributed by atoms with Crippen molar-refractivity contribution in [2.24, 2.45) is 11.3 Å². The van der Waals surface area contributed by atoms with E-state index in [0.717, 1.165) is 11.1 Å². The van der Waals surface area contributed by atoms with Gasteiger partial charge in [0.15, 0.2) is 11.5 Å². The number of nitrogens with zero attached hydrogens (tertiary/aromatic N) is 2. The fraction of sp³-hybridized carbons (Fsp3) is 0.531. The van der Waals surface area contributed by atoms with Gasteiger partial charge >= 0.3 is 5.97 Å². The standard InChI is InChI=1S/C32H40N2O8/c1-18-13-21-27-23(14-18)41-17-25(32(2,3)4)34(27)30(36)24(15-26(35)33-12-8-9-19(16-33)31(37)38)42-28(21)20-10-7-11-22(39-5)29(20)40-6/h7,10-11,13-14,19,24-25,28H,8-9,12,15-17H2,1-6H3,(H,37,38)/t19?,24-,25+,28-/m1/s1. The molecule has 5 rings (SSSR count). The molecule has 226 valence electrons. The number of carbonyl (C=O) groups excluding carboxylic acids is 2. The molecule has 10 heteroatoms. The average Bonchev–Trinajstić information content (AvgIpc) is 3.07. The minimum Gasteiger partial charge on any atom is -0.493 e. The SMILES string of the molecule is COc1cccc([C@H]2O[C@H](CC(=O)N3CCCC(C(=O)O)C3)C(=O)N3c4c(cc(C)cc42)OC[C@H]3C(C)(C)C)c1OC. The number of amides is 2. The molecule has 2 aromatic rings. The number of aliphatic carboxylic acids is 1. The summed E-state index contributed by atoms with van der Waals surface area (Å²) in [6, 6.07) is 9.08. The Morgan fingerprint density at radius 1 is 1.12 bits per heavy atom. The highest BCUT2D eigenvalue weighted by atomic mass is 16.5. The van der Waals surface area contributed by atoms with Crippen molar-refractivity contribution < 1.29 is 38.4 Å². The van der Waals surface area contributed by atoms with Crippen molar-refractivity contribution in [3.63, 3.8) is 0 Å². The Morgan fingerprint density at radius 3 is 2.55 bits per heavy atom. The Bertz CT molecular complexity index is 1380. The van der Waals surface area contributed by atoms with Crippen LogP contribution < -0.4 is 19.1 Å². The molecule has 3 heterocycles. The largest absolute Gasteiger partial charge is 0.493 e. The van der Waals surface area contributed by atoms with Crippen LogP contribution in [0.4, 0.5) is 5.69 Å². The molecule has 0 aromatic heterocycles. The van der Waals surface area contributed by atoms with Gasteiger partial charge in [-0.15, -0.1) is 0 Å². The normalized spacial score (nSPS) is 23.9. The van der Waals surface area contributed by atoms with Crippen LogP contribution >= 0.6 is 0 Å². The fourth-order valence-corrected chi connectivity index (χ4v) is 6.28. The number of para-hydroxylation sites is 1. The van der Waals surface area contributed by atoms with E-state index >= 15 is 0 Å². The van der Waals surface area contributed by atoms with Gasteiger partial charge in [0.2, 0.25) is 5.91 Å². The van der Waals surface area contributed by atoms with E-state index in [1.807, 2.05) is 31.2 Å². The molecule has 2 aromatic carbocycles. The molecule has 2 amide bonds. The van der Waals surface area contributed by atoms with E-state index in [1.54, 1.807) is 30.1 Å². The van der Waals surface area contributed by atoms with Crippen LogP contribution in [-0.4, -0.2) is 73.9 Å². The Balaban J connectivity index is 1.64. The second kappa shape index (κ2) is 11.5. The molecule has 1 fully saturated rings. The van der Waals surface area contributed by atoms with Crippen molar-refractivity contribution in [2.45, 2.75) is 65.2 Å². The lowest BCUT2D eigenvalue weighted by Gasteiger charge is -2.44. The number of likely N-dealkylation sites (tertiary alicyclic amines) is 1. The minimum atomic E-state index is -1.13. The molecule has 1 unspecified atom stereocenters. The van der Waals surface area contributed by atoms with Gasteiger partial charge < -0.3 is 29.0 Å². The third kappa shape index (κ3) is 5.40. The maximum Gasteiger partial charge on any atom is 0.308 e. The Labute approximate surface area is 246 Å². The zero-order valence-electron chi connectivity index (χ0n) is 25.1. The van der Waals surface area contributed by atoms with Gasteiger partial charge in [-0.1, -0.05) is 39.0 Å². The lowest BCUT2D eigenvalue weighted by atomic mass is 9.84. The lowest BCUT2D eigenvalue weighted by molar-refractivity contribution is -0.149. The molecule has 0 saturated carbocycles. The van der Waals surface area contributed by atoms with Gasteiger partial charge in [-0.3, -0.25) is 19.3 Å². The van der Waals surface area contributed by atoms with Crippen molar-refractivity contribution in [2.75, 3.05) is 38.8 Å². The van der Waals surface area contributed by atoms with E-state index in [-0.39, 0.29) is 36.2 Å². The number of hydrogen-bond acceptors (Lipinski definition) is 7. The van der Waals surface area contributed by atoms with Crippen LogP contribution in [0.2, 0.25) is 0 Å². The maximum atomic E-state index is 14.5. The van der Waals surface area contributed by atoms with Gasteiger partial charge in [-0.05, 0) is 42.9 Å². The van der Waals surface area contributed by atoms with Gasteiger partial charge in [0, 0.05) is 24.2 Å². The average molecular weight is 581 g/mol. The molecule has 0 spiro atoms. The maximum absolute atomic E-state index is 14.5. The van der Waals surface area contributed by atoms with Gasteiger partial charge in [-0.25, -0.2) is 0 Å². The predicted molar refractivity (Wildman–Crippen MR) is 155 cm³/mol. The molecule has 0 radical (unpaired) electrons. The first-order valence-corrected chi connectivity index (χ1v) is 14.4. The van der Waals surface area contributed by atoms with Crippen molar-refractivity contribution in [3.05, 3.63) is 47.0 Å². The highest BCUT2D eigenvalue weighted by Gasteiger charge is 2.48. The van der Waals surface area contributed by atoms with Crippen LogP contribution in [0.15, 0.2) is 30.3 Å². The van der Waals surface area contributed by atoms with Gasteiger partial charge in [0.05, 0.1) is 38.3 Å². The van der Waals surface area contributed by atoms with E-state index in [0.29, 0.717) is 54.5 Å². The van der Waals surface area contributed by atoms with Crippen molar-refractivity contribution in [3.8, 4) is 17.2 Å². The summed E-state index contributed by atoms with van der Waals surface area (Å²) in [5.41, 5.74) is 2.60. The Kier molecular flexibility index (Phi) is 8.11. The number of carbonyl (C=O) groups is 3. The first kappa shape index (κ1) is 29.7. The molecule has 0 bridgehead atoms. The number of ether oxygens (including phenoxy) is 4. The number of rotatable bonds is 6. The van der Waals surface area contributed by atoms with Crippen LogP contribution in [0.1, 0.15) is 62.8 Å². The summed E-state index contributed by atoms with van der Waals surface area (Å²) in [6.45, 7) is 9.00. The van der Waals surface area contributed by atoms with Gasteiger partial charge in [0.1, 0.15) is 24.6 Å². The Morgan fingerprint density at radius 2 is 1.88 bits per heavy atom. The molecule has 4 atom stereocenters. The minimum absolute atomic E-state index is 0.119. The first-order chi connectivity index (χ1) is 19.9. The zero-order chi connectivity index (χ0) is 30.3. The highest BCUT2D eigenvalue weighted by molar-refractivity contribution is 6.02. The third-order valence-electron chi connectivity index (χ3n) is 8.49. The molecule has 3 aliphatic rings.